The average molecular weight is 448 g/mol. The van der Waals surface area contributed by atoms with E-state index in [9.17, 15) is 19.1 Å². The maximum atomic E-state index is 13.2. The molecular weight excluding hydrogens is 429 g/mol. The maximum absolute atomic E-state index is 13.2. The highest BCUT2D eigenvalue weighted by molar-refractivity contribution is 8.18. The van der Waals surface area contributed by atoms with Gasteiger partial charge in [-0.3, -0.25) is 14.5 Å². The van der Waals surface area contributed by atoms with E-state index in [4.69, 9.17) is 16.3 Å². The Morgan fingerprint density at radius 1 is 1.27 bits per heavy atom. The van der Waals surface area contributed by atoms with Crippen molar-refractivity contribution in [3.63, 3.8) is 0 Å². The first kappa shape index (κ1) is 21.9. The highest BCUT2D eigenvalue weighted by Crippen LogP contribution is 2.37. The number of hydrogen-bond donors (Lipinski definition) is 1. The van der Waals surface area contributed by atoms with Crippen LogP contribution >= 0.6 is 23.4 Å². The molecule has 2 aromatic rings. The van der Waals surface area contributed by atoms with Crippen molar-refractivity contribution in [2.75, 3.05) is 6.61 Å². The number of nitrogens with zero attached hydrogens (tertiary/aromatic N) is 1. The number of hydrogen-bond acceptors (Lipinski definition) is 5. The molecule has 0 saturated carbocycles. The number of phenols is 1. The second-order valence-corrected chi connectivity index (χ2v) is 7.86. The number of allylic oxidation sites excluding steroid dienone is 1. The van der Waals surface area contributed by atoms with Gasteiger partial charge in [0.2, 0.25) is 0 Å². The lowest BCUT2D eigenvalue weighted by Crippen LogP contribution is -2.27. The molecule has 1 heterocycles. The molecule has 3 rings (SSSR count). The van der Waals surface area contributed by atoms with Crippen LogP contribution in [0, 0.1) is 5.82 Å². The topological polar surface area (TPSA) is 66.8 Å². The Labute approximate surface area is 182 Å². The molecule has 1 N–H and O–H groups in total. The average Bonchev–Trinajstić information content (AvgIpc) is 2.95. The van der Waals surface area contributed by atoms with Crippen LogP contribution in [0.1, 0.15) is 23.6 Å². The molecule has 156 valence electrons. The molecule has 30 heavy (non-hydrogen) atoms. The number of benzene rings is 2. The van der Waals surface area contributed by atoms with Gasteiger partial charge in [0.25, 0.3) is 11.1 Å². The number of amides is 2. The smallest absolute Gasteiger partial charge is 0.293 e. The van der Waals surface area contributed by atoms with E-state index in [1.54, 1.807) is 31.2 Å². The van der Waals surface area contributed by atoms with Gasteiger partial charge >= 0.3 is 0 Å². The van der Waals surface area contributed by atoms with Crippen molar-refractivity contribution in [1.82, 2.24) is 4.90 Å². The van der Waals surface area contributed by atoms with Crippen LogP contribution in [0.15, 0.2) is 47.9 Å². The minimum Gasteiger partial charge on any atom is -0.504 e. The Balaban J connectivity index is 1.90. The van der Waals surface area contributed by atoms with Crippen LogP contribution < -0.4 is 4.74 Å². The summed E-state index contributed by atoms with van der Waals surface area (Å²) in [5, 5.41) is 10.0. The second-order valence-electron chi connectivity index (χ2n) is 6.46. The molecular formula is C22H19ClFNO4S. The Morgan fingerprint density at radius 2 is 2.03 bits per heavy atom. The number of thioether (sulfide) groups is 1. The summed E-state index contributed by atoms with van der Waals surface area (Å²) in [7, 11) is 0. The van der Waals surface area contributed by atoms with Crippen molar-refractivity contribution in [1.29, 1.82) is 0 Å². The fourth-order valence-electron chi connectivity index (χ4n) is 2.96. The number of imide groups is 1. The summed E-state index contributed by atoms with van der Waals surface area (Å²) in [5.41, 5.74) is 1.68. The van der Waals surface area contributed by atoms with E-state index in [-0.39, 0.29) is 22.2 Å². The minimum atomic E-state index is -0.495. The fraction of sp³-hybridized carbons (Fsp3) is 0.182. The summed E-state index contributed by atoms with van der Waals surface area (Å²) in [5.74, 6) is -0.652. The molecule has 1 aliphatic rings. The third-order valence-electron chi connectivity index (χ3n) is 4.36. The molecule has 2 amide bonds. The highest BCUT2D eigenvalue weighted by atomic mass is 35.5. The Bertz CT molecular complexity index is 1050. The zero-order valence-corrected chi connectivity index (χ0v) is 17.7. The molecule has 0 spiro atoms. The molecule has 0 aromatic heterocycles. The van der Waals surface area contributed by atoms with Crippen LogP contribution in [0.4, 0.5) is 9.18 Å². The lowest BCUT2D eigenvalue weighted by atomic mass is 10.1. The third kappa shape index (κ3) is 4.68. The zero-order chi connectivity index (χ0) is 21.8. The molecule has 1 fully saturated rings. The number of carbonyl (C=O) groups is 2. The summed E-state index contributed by atoms with van der Waals surface area (Å²) < 4.78 is 18.7. The maximum Gasteiger partial charge on any atom is 0.293 e. The monoisotopic (exact) mass is 447 g/mol. The van der Waals surface area contributed by atoms with Gasteiger partial charge in [-0.25, -0.2) is 4.39 Å². The molecule has 1 aliphatic heterocycles. The van der Waals surface area contributed by atoms with Crippen molar-refractivity contribution in [2.24, 2.45) is 0 Å². The van der Waals surface area contributed by atoms with Crippen molar-refractivity contribution in [2.45, 2.75) is 19.9 Å². The Kier molecular flexibility index (Phi) is 6.84. The van der Waals surface area contributed by atoms with Crippen LogP contribution in [0.2, 0.25) is 5.02 Å². The van der Waals surface area contributed by atoms with Crippen LogP contribution in [-0.4, -0.2) is 27.8 Å². The fourth-order valence-corrected chi connectivity index (χ4v) is 4.02. The SMILES string of the molecule is C=CCc1cc(/C=C2\SC(=O)N(Cc3ccc(F)cc3Cl)C2=O)cc(OCC)c1O. The summed E-state index contributed by atoms with van der Waals surface area (Å²) in [6, 6.07) is 7.13. The Morgan fingerprint density at radius 3 is 2.70 bits per heavy atom. The van der Waals surface area contributed by atoms with E-state index in [2.05, 4.69) is 6.58 Å². The molecule has 0 aliphatic carbocycles. The van der Waals surface area contributed by atoms with E-state index >= 15 is 0 Å². The molecule has 0 atom stereocenters. The first-order chi connectivity index (χ1) is 14.3. The lowest BCUT2D eigenvalue weighted by molar-refractivity contribution is -0.123. The van der Waals surface area contributed by atoms with E-state index in [0.717, 1.165) is 22.7 Å². The molecule has 0 unspecified atom stereocenters. The quantitative estimate of drug-likeness (QED) is 0.445. The van der Waals surface area contributed by atoms with Gasteiger partial charge in [-0.05, 0) is 66.6 Å². The van der Waals surface area contributed by atoms with E-state index < -0.39 is 17.0 Å². The molecule has 0 bridgehead atoms. The number of rotatable bonds is 7. The minimum absolute atomic E-state index is 0.0213. The molecule has 0 radical (unpaired) electrons. The van der Waals surface area contributed by atoms with Gasteiger partial charge in [-0.2, -0.15) is 0 Å². The number of carbonyl (C=O) groups excluding carboxylic acids is 2. The van der Waals surface area contributed by atoms with Gasteiger partial charge in [-0.1, -0.05) is 23.7 Å². The van der Waals surface area contributed by atoms with Gasteiger partial charge in [0, 0.05) is 10.6 Å². The summed E-state index contributed by atoms with van der Waals surface area (Å²) in [6.45, 7) is 5.78. The summed E-state index contributed by atoms with van der Waals surface area (Å²) >= 11 is 6.83. The normalized spacial score (nSPS) is 15.2. The summed E-state index contributed by atoms with van der Waals surface area (Å²) in [4.78, 5) is 26.5. The predicted octanol–water partition coefficient (Wildman–Crippen LogP) is 5.55. The van der Waals surface area contributed by atoms with E-state index in [0.29, 0.717) is 35.5 Å². The van der Waals surface area contributed by atoms with Crippen LogP contribution in [0.5, 0.6) is 11.5 Å². The van der Waals surface area contributed by atoms with E-state index in [1.165, 1.54) is 12.1 Å². The molecule has 2 aromatic carbocycles. The van der Waals surface area contributed by atoms with Gasteiger partial charge in [0.15, 0.2) is 11.5 Å². The summed E-state index contributed by atoms with van der Waals surface area (Å²) in [6.07, 6.45) is 3.64. The van der Waals surface area contributed by atoms with Gasteiger partial charge in [0.1, 0.15) is 5.82 Å². The van der Waals surface area contributed by atoms with Crippen molar-refractivity contribution < 1.29 is 23.8 Å². The first-order valence-corrected chi connectivity index (χ1v) is 10.3. The van der Waals surface area contributed by atoms with Gasteiger partial charge in [0.05, 0.1) is 18.1 Å². The molecule has 1 saturated heterocycles. The van der Waals surface area contributed by atoms with Crippen LogP contribution in [-0.2, 0) is 17.8 Å². The standard InChI is InChI=1S/C22H19ClFNO4S/c1-3-5-14-8-13(9-18(20(14)26)29-4-2)10-19-21(27)25(22(28)30-19)12-15-6-7-16(24)11-17(15)23/h3,6-11,26H,1,4-5,12H2,2H3/b19-10-. The molecule has 8 heteroatoms. The van der Waals surface area contributed by atoms with Crippen molar-refractivity contribution >= 4 is 40.6 Å². The number of aromatic hydroxyl groups is 1. The van der Waals surface area contributed by atoms with Crippen LogP contribution in [0.25, 0.3) is 6.08 Å². The Hall–Kier alpha value is -2.77. The first-order valence-electron chi connectivity index (χ1n) is 9.13. The van der Waals surface area contributed by atoms with E-state index in [1.807, 2.05) is 0 Å². The number of phenolic OH excluding ortho intramolecular Hbond substituents is 1. The predicted molar refractivity (Wildman–Crippen MR) is 116 cm³/mol. The zero-order valence-electron chi connectivity index (χ0n) is 16.2. The van der Waals surface area contributed by atoms with Crippen molar-refractivity contribution in [3.05, 3.63) is 75.4 Å². The number of ether oxygens (including phenoxy) is 1. The van der Waals surface area contributed by atoms with Gasteiger partial charge < -0.3 is 9.84 Å². The largest absolute Gasteiger partial charge is 0.504 e. The highest BCUT2D eigenvalue weighted by Gasteiger charge is 2.35. The third-order valence-corrected chi connectivity index (χ3v) is 5.61. The number of halogens is 2. The van der Waals surface area contributed by atoms with Crippen molar-refractivity contribution in [3.8, 4) is 11.5 Å². The molecule has 5 nitrogen and oxygen atoms in total. The van der Waals surface area contributed by atoms with Gasteiger partial charge in [-0.15, -0.1) is 6.58 Å². The van der Waals surface area contributed by atoms with Crippen LogP contribution in [0.3, 0.4) is 0 Å². The lowest BCUT2D eigenvalue weighted by Gasteiger charge is -2.13. The second kappa shape index (κ2) is 9.36.